The fourth-order valence-electron chi connectivity index (χ4n) is 5.35. The van der Waals surface area contributed by atoms with E-state index in [9.17, 15) is 28.0 Å². The van der Waals surface area contributed by atoms with Crippen LogP contribution in [0.3, 0.4) is 0 Å². The van der Waals surface area contributed by atoms with Gasteiger partial charge in [-0.15, -0.1) is 0 Å². The average molecular weight is 494 g/mol. The molecule has 0 N–H and O–H groups in total. The van der Waals surface area contributed by atoms with Gasteiger partial charge in [0.25, 0.3) is 0 Å². The molecule has 3 aromatic carbocycles. The Morgan fingerprint density at radius 3 is 2.06 bits per heavy atom. The predicted molar refractivity (Wildman–Crippen MR) is 119 cm³/mol. The number of ether oxygens (including phenoxy) is 1. The molecule has 0 radical (unpaired) electrons. The van der Waals surface area contributed by atoms with Gasteiger partial charge >= 0.3 is 0 Å². The van der Waals surface area contributed by atoms with Crippen molar-refractivity contribution in [3.05, 3.63) is 100 Å². The molecule has 3 aromatic rings. The summed E-state index contributed by atoms with van der Waals surface area (Å²) in [7, 11) is 0. The lowest BCUT2D eigenvalue weighted by Gasteiger charge is -2.27. The molecule has 0 aromatic heterocycles. The fourth-order valence-corrected chi connectivity index (χ4v) is 5.52. The number of hydrogen-bond donors (Lipinski definition) is 0. The van der Waals surface area contributed by atoms with Gasteiger partial charge in [0.15, 0.2) is 0 Å². The highest BCUT2D eigenvalue weighted by Gasteiger charge is 2.74. The van der Waals surface area contributed by atoms with Crippen LogP contribution in [0.15, 0.2) is 66.7 Å². The van der Waals surface area contributed by atoms with Crippen LogP contribution in [0.2, 0.25) is 5.02 Å². The number of fused-ring (bicyclic) bond motifs is 3. The molecule has 2 heterocycles. The maximum atomic E-state index is 13.8. The summed E-state index contributed by atoms with van der Waals surface area (Å²) in [5, 5.41) is -0.304. The van der Waals surface area contributed by atoms with Crippen molar-refractivity contribution < 1.29 is 32.7 Å². The second-order valence-corrected chi connectivity index (χ2v) is 9.05. The average Bonchev–Trinajstić information content (AvgIpc) is 3.41. The molecule has 6 nitrogen and oxygen atoms in total. The Hall–Kier alpha value is -3.75. The Morgan fingerprint density at radius 1 is 0.829 bits per heavy atom. The first-order chi connectivity index (χ1) is 16.8. The summed E-state index contributed by atoms with van der Waals surface area (Å²) in [5.74, 6) is -6.98. The molecule has 0 bridgehead atoms. The normalized spacial score (nSPS) is 24.4. The highest BCUT2D eigenvalue weighted by molar-refractivity contribution is 6.37. The number of benzene rings is 3. The zero-order chi connectivity index (χ0) is 24.6. The minimum Gasteiger partial charge on any atom is -0.349 e. The molecule has 0 unspecified atom stereocenters. The third-order valence-corrected chi connectivity index (χ3v) is 7.17. The van der Waals surface area contributed by atoms with Crippen LogP contribution < -0.4 is 4.90 Å². The van der Waals surface area contributed by atoms with Gasteiger partial charge in [0.1, 0.15) is 11.6 Å². The van der Waals surface area contributed by atoms with Gasteiger partial charge in [-0.1, -0.05) is 48.0 Å². The number of rotatable bonds is 2. The number of imide groups is 1. The molecule has 3 atom stereocenters. The zero-order valence-corrected chi connectivity index (χ0v) is 18.5. The molecule has 2 saturated heterocycles. The van der Waals surface area contributed by atoms with Crippen molar-refractivity contribution in [2.45, 2.75) is 11.7 Å². The first kappa shape index (κ1) is 21.8. The highest BCUT2D eigenvalue weighted by Crippen LogP contribution is 2.57. The van der Waals surface area contributed by atoms with Gasteiger partial charge in [0.05, 0.1) is 28.6 Å². The quantitative estimate of drug-likeness (QED) is 0.392. The maximum absolute atomic E-state index is 13.8. The van der Waals surface area contributed by atoms with Crippen LogP contribution in [-0.2, 0) is 14.3 Å². The minimum absolute atomic E-state index is 0.00390. The van der Waals surface area contributed by atoms with Crippen molar-refractivity contribution in [3.63, 3.8) is 0 Å². The predicted octanol–water partition coefficient (Wildman–Crippen LogP) is 4.31. The Kier molecular flexibility index (Phi) is 4.58. The fraction of sp³-hybridized carbons (Fsp3) is 0.154. The number of amides is 2. The van der Waals surface area contributed by atoms with E-state index in [1.807, 2.05) is 0 Å². The standard InChI is InChI=1S/C26H14ClF2NO5/c27-17-11-14(9-10-18(17)29)30-24(33)19-20(25(30)34)26(35-21(19)12-5-7-13(28)8-6-12)22(31)15-3-1-2-4-16(15)23(26)32/h1-11,19-21H/t19-,20+,21-/m0/s1. The molecular weight excluding hydrogens is 480 g/mol. The SMILES string of the molecule is O=C1[C@@H]2[C@H](c3ccc(F)cc3)OC3(C(=O)c4ccccc4C3=O)[C@H]2C(=O)N1c1ccc(F)c(Cl)c1. The number of ketones is 2. The number of halogens is 3. The van der Waals surface area contributed by atoms with E-state index in [1.54, 1.807) is 12.1 Å². The van der Waals surface area contributed by atoms with Crippen LogP contribution in [0, 0.1) is 23.5 Å². The van der Waals surface area contributed by atoms with Crippen LogP contribution in [0.5, 0.6) is 0 Å². The molecule has 1 aliphatic carbocycles. The summed E-state index contributed by atoms with van der Waals surface area (Å²) in [6.07, 6.45) is -1.18. The molecule has 2 aliphatic heterocycles. The Morgan fingerprint density at radius 2 is 1.46 bits per heavy atom. The van der Waals surface area contributed by atoms with Crippen LogP contribution in [-0.4, -0.2) is 29.0 Å². The van der Waals surface area contributed by atoms with E-state index >= 15 is 0 Å². The lowest BCUT2D eigenvalue weighted by molar-refractivity contribution is -0.127. The number of Topliss-reactive ketones (excluding diaryl/α,β-unsaturated/α-hetero) is 2. The minimum atomic E-state index is -2.25. The summed E-state index contributed by atoms with van der Waals surface area (Å²) in [6, 6.07) is 14.5. The number of nitrogens with zero attached hydrogens (tertiary/aromatic N) is 1. The van der Waals surface area contributed by atoms with E-state index in [0.717, 1.165) is 29.2 Å². The van der Waals surface area contributed by atoms with Gasteiger partial charge in [0.2, 0.25) is 29.0 Å². The molecule has 6 rings (SSSR count). The van der Waals surface area contributed by atoms with Crippen LogP contribution in [0.4, 0.5) is 14.5 Å². The first-order valence-electron chi connectivity index (χ1n) is 10.7. The third kappa shape index (κ3) is 2.78. The second kappa shape index (κ2) is 7.37. The Bertz CT molecular complexity index is 1440. The number of anilines is 1. The van der Waals surface area contributed by atoms with Crippen LogP contribution in [0.25, 0.3) is 0 Å². The summed E-state index contributed by atoms with van der Waals surface area (Å²) in [5.41, 5.74) is -1.73. The first-order valence-corrected chi connectivity index (χ1v) is 11.1. The Balaban J connectivity index is 1.54. The van der Waals surface area contributed by atoms with E-state index in [0.29, 0.717) is 5.56 Å². The summed E-state index contributed by atoms with van der Waals surface area (Å²) >= 11 is 5.88. The van der Waals surface area contributed by atoms with E-state index < -0.39 is 58.6 Å². The van der Waals surface area contributed by atoms with Crippen LogP contribution in [0.1, 0.15) is 32.4 Å². The van der Waals surface area contributed by atoms with Gasteiger partial charge in [-0.25, -0.2) is 13.7 Å². The van der Waals surface area contributed by atoms with E-state index in [1.165, 1.54) is 30.3 Å². The number of carbonyl (C=O) groups is 4. The van der Waals surface area contributed by atoms with E-state index in [4.69, 9.17) is 16.3 Å². The van der Waals surface area contributed by atoms with Gasteiger partial charge in [-0.2, -0.15) is 0 Å². The molecule has 0 saturated carbocycles. The lowest BCUT2D eigenvalue weighted by atomic mass is 9.77. The van der Waals surface area contributed by atoms with Crippen molar-refractivity contribution in [2.24, 2.45) is 11.8 Å². The zero-order valence-electron chi connectivity index (χ0n) is 17.7. The third-order valence-electron chi connectivity index (χ3n) is 6.88. The Labute approximate surface area is 202 Å². The van der Waals surface area contributed by atoms with Crippen molar-refractivity contribution in [2.75, 3.05) is 4.90 Å². The van der Waals surface area contributed by atoms with Gasteiger partial charge < -0.3 is 4.74 Å². The molecule has 35 heavy (non-hydrogen) atoms. The van der Waals surface area contributed by atoms with E-state index in [-0.39, 0.29) is 21.8 Å². The number of carbonyl (C=O) groups excluding carboxylic acids is 4. The van der Waals surface area contributed by atoms with Crippen molar-refractivity contribution in [3.8, 4) is 0 Å². The number of hydrogen-bond acceptors (Lipinski definition) is 5. The van der Waals surface area contributed by atoms with Gasteiger partial charge in [-0.3, -0.25) is 19.2 Å². The monoisotopic (exact) mass is 493 g/mol. The smallest absolute Gasteiger partial charge is 0.241 e. The maximum Gasteiger partial charge on any atom is 0.241 e. The van der Waals surface area contributed by atoms with Crippen molar-refractivity contribution in [1.29, 1.82) is 0 Å². The van der Waals surface area contributed by atoms with Crippen molar-refractivity contribution in [1.82, 2.24) is 0 Å². The molecule has 2 amide bonds. The molecule has 2 fully saturated rings. The summed E-state index contributed by atoms with van der Waals surface area (Å²) in [4.78, 5) is 55.5. The summed E-state index contributed by atoms with van der Waals surface area (Å²) in [6.45, 7) is 0. The highest BCUT2D eigenvalue weighted by atomic mass is 35.5. The van der Waals surface area contributed by atoms with Crippen LogP contribution >= 0.6 is 11.6 Å². The molecule has 9 heteroatoms. The van der Waals surface area contributed by atoms with Crippen molar-refractivity contribution >= 4 is 40.7 Å². The van der Waals surface area contributed by atoms with Gasteiger partial charge in [0, 0.05) is 11.1 Å². The van der Waals surface area contributed by atoms with E-state index in [2.05, 4.69) is 0 Å². The topological polar surface area (TPSA) is 80.8 Å². The summed E-state index contributed by atoms with van der Waals surface area (Å²) < 4.78 is 33.5. The van der Waals surface area contributed by atoms with Gasteiger partial charge in [-0.05, 0) is 35.9 Å². The molecular formula is C26H14ClF2NO5. The molecule has 3 aliphatic rings. The molecule has 1 spiro atoms. The lowest BCUT2D eigenvalue weighted by Crippen LogP contribution is -2.51. The second-order valence-electron chi connectivity index (χ2n) is 8.64. The largest absolute Gasteiger partial charge is 0.349 e. The molecule has 174 valence electrons.